The van der Waals surface area contributed by atoms with Crippen molar-refractivity contribution < 1.29 is 24.0 Å². The van der Waals surface area contributed by atoms with E-state index in [4.69, 9.17) is 9.47 Å². The van der Waals surface area contributed by atoms with Crippen LogP contribution >= 0.6 is 0 Å². The number of hydrogen-bond donors (Lipinski definition) is 0. The minimum Gasteiger partial charge on any atom is -0.463 e. The number of esters is 2. The maximum atomic E-state index is 11.8. The summed E-state index contributed by atoms with van der Waals surface area (Å²) in [6, 6.07) is 1.08. The Morgan fingerprint density at radius 1 is 1.26 bits per heavy atom. The van der Waals surface area contributed by atoms with E-state index in [1.807, 2.05) is 0 Å². The number of nitro groups is 1. The predicted molar refractivity (Wildman–Crippen MR) is 81.7 cm³/mol. The van der Waals surface area contributed by atoms with Crippen LogP contribution in [0, 0.1) is 10.1 Å². The van der Waals surface area contributed by atoms with Gasteiger partial charge in [-0.2, -0.15) is 0 Å². The molecule has 0 bridgehead atoms. The van der Waals surface area contributed by atoms with Gasteiger partial charge in [0.25, 0.3) is 5.69 Å². The smallest absolute Gasteiger partial charge is 0.339 e. The van der Waals surface area contributed by atoms with Gasteiger partial charge in [-0.05, 0) is 26.3 Å². The third-order valence-electron chi connectivity index (χ3n) is 2.83. The fourth-order valence-corrected chi connectivity index (χ4v) is 1.74. The van der Waals surface area contributed by atoms with E-state index in [-0.39, 0.29) is 35.7 Å². The summed E-state index contributed by atoms with van der Waals surface area (Å²) in [6.45, 7) is 5.37. The predicted octanol–water partition coefficient (Wildman–Crippen LogP) is 2.52. The van der Waals surface area contributed by atoms with E-state index in [2.05, 4.69) is 4.98 Å². The maximum Gasteiger partial charge on any atom is 0.339 e. The summed E-state index contributed by atoms with van der Waals surface area (Å²) in [4.78, 5) is 37.8. The fraction of sp³-hybridized carbons (Fsp3) is 0.400. The van der Waals surface area contributed by atoms with Gasteiger partial charge in [0.05, 0.1) is 23.7 Å². The molecule has 1 heterocycles. The molecule has 0 saturated carbocycles. The van der Waals surface area contributed by atoms with E-state index in [0.717, 1.165) is 6.07 Å². The molecule has 1 aromatic heterocycles. The maximum absolute atomic E-state index is 11.8. The Morgan fingerprint density at radius 2 is 1.91 bits per heavy atom. The van der Waals surface area contributed by atoms with Gasteiger partial charge >= 0.3 is 11.9 Å². The van der Waals surface area contributed by atoms with Gasteiger partial charge < -0.3 is 9.47 Å². The van der Waals surface area contributed by atoms with Gasteiger partial charge in [0.15, 0.2) is 0 Å². The third-order valence-corrected chi connectivity index (χ3v) is 2.83. The molecular formula is C15H18N2O6. The van der Waals surface area contributed by atoms with Gasteiger partial charge in [-0.15, -0.1) is 0 Å². The van der Waals surface area contributed by atoms with E-state index >= 15 is 0 Å². The van der Waals surface area contributed by atoms with Crippen molar-refractivity contribution >= 4 is 23.7 Å². The van der Waals surface area contributed by atoms with Gasteiger partial charge in [0.2, 0.25) is 0 Å². The summed E-state index contributed by atoms with van der Waals surface area (Å²) in [5.41, 5.74) is -0.171. The van der Waals surface area contributed by atoms with Crippen LogP contribution in [0.1, 0.15) is 43.2 Å². The highest BCUT2D eigenvalue weighted by Gasteiger charge is 2.20. The number of ether oxygens (including phenoxy) is 2. The summed E-state index contributed by atoms with van der Waals surface area (Å²) < 4.78 is 9.67. The van der Waals surface area contributed by atoms with Crippen molar-refractivity contribution in [2.24, 2.45) is 0 Å². The van der Waals surface area contributed by atoms with Crippen LogP contribution in [0.4, 0.5) is 5.69 Å². The van der Waals surface area contributed by atoms with Crippen molar-refractivity contribution in [2.45, 2.75) is 27.2 Å². The molecule has 0 aliphatic rings. The molecule has 0 spiro atoms. The molecule has 23 heavy (non-hydrogen) atoms. The van der Waals surface area contributed by atoms with Crippen LogP contribution in [0.5, 0.6) is 0 Å². The zero-order valence-corrected chi connectivity index (χ0v) is 13.2. The van der Waals surface area contributed by atoms with E-state index in [1.54, 1.807) is 20.8 Å². The number of carbonyl (C=O) groups excluding carboxylic acids is 2. The van der Waals surface area contributed by atoms with Crippen LogP contribution in [0.3, 0.4) is 0 Å². The molecule has 0 aliphatic carbocycles. The normalized spacial score (nSPS) is 11.0. The Kier molecular flexibility index (Phi) is 6.85. The number of rotatable bonds is 7. The molecule has 124 valence electrons. The molecular weight excluding hydrogens is 304 g/mol. The molecule has 8 heteroatoms. The Labute approximate surface area is 133 Å². The first-order chi connectivity index (χ1) is 10.9. The topological polar surface area (TPSA) is 109 Å². The average Bonchev–Trinajstić information content (AvgIpc) is 2.52. The monoisotopic (exact) mass is 322 g/mol. The lowest BCUT2D eigenvalue weighted by Gasteiger charge is -2.06. The molecule has 1 aromatic rings. The van der Waals surface area contributed by atoms with E-state index < -0.39 is 16.9 Å². The number of carbonyl (C=O) groups is 2. The van der Waals surface area contributed by atoms with Crippen molar-refractivity contribution in [1.29, 1.82) is 0 Å². The quantitative estimate of drug-likeness (QED) is 0.328. The van der Waals surface area contributed by atoms with E-state index in [1.165, 1.54) is 12.3 Å². The first-order valence-electron chi connectivity index (χ1n) is 7.13. The summed E-state index contributed by atoms with van der Waals surface area (Å²) in [6.07, 6.45) is 2.80. The van der Waals surface area contributed by atoms with Gasteiger partial charge in [0.1, 0.15) is 5.69 Å². The van der Waals surface area contributed by atoms with Gasteiger partial charge in [0, 0.05) is 17.8 Å². The lowest BCUT2D eigenvalue weighted by molar-refractivity contribution is -0.385. The average molecular weight is 322 g/mol. The van der Waals surface area contributed by atoms with E-state index in [9.17, 15) is 19.7 Å². The molecule has 0 fully saturated rings. The standard InChI is InChI=1S/C15H18N2O6/c1-4-10(14(18)22-5-2)7-12-13(17(20)21)8-11(9-16-12)15(19)23-6-3/h7-9H,4-6H2,1-3H3. The second-order valence-corrected chi connectivity index (χ2v) is 4.35. The summed E-state index contributed by atoms with van der Waals surface area (Å²) >= 11 is 0. The second kappa shape index (κ2) is 8.62. The molecule has 0 amide bonds. The van der Waals surface area contributed by atoms with Crippen molar-refractivity contribution in [3.8, 4) is 0 Å². The lowest BCUT2D eigenvalue weighted by Crippen LogP contribution is -2.09. The SMILES string of the molecule is CCOC(=O)C(=Cc1ncc(C(=O)OCC)cc1[N+](=O)[O-])CC. The first-order valence-corrected chi connectivity index (χ1v) is 7.13. The minimum atomic E-state index is -0.695. The van der Waals surface area contributed by atoms with Crippen molar-refractivity contribution in [2.75, 3.05) is 13.2 Å². The number of nitrogens with zero attached hydrogens (tertiary/aromatic N) is 2. The lowest BCUT2D eigenvalue weighted by atomic mass is 10.1. The zero-order chi connectivity index (χ0) is 17.4. The summed E-state index contributed by atoms with van der Waals surface area (Å²) in [5.74, 6) is -1.25. The van der Waals surface area contributed by atoms with Crippen LogP contribution in [0.25, 0.3) is 6.08 Å². The molecule has 0 saturated heterocycles. The Balaban J connectivity index is 3.28. The van der Waals surface area contributed by atoms with Gasteiger partial charge in [-0.3, -0.25) is 10.1 Å². The van der Waals surface area contributed by atoms with E-state index in [0.29, 0.717) is 6.42 Å². The zero-order valence-electron chi connectivity index (χ0n) is 13.2. The highest BCUT2D eigenvalue weighted by molar-refractivity contribution is 5.94. The highest BCUT2D eigenvalue weighted by Crippen LogP contribution is 2.22. The number of hydrogen-bond acceptors (Lipinski definition) is 7. The summed E-state index contributed by atoms with van der Waals surface area (Å²) in [7, 11) is 0. The van der Waals surface area contributed by atoms with Crippen molar-refractivity contribution in [3.05, 3.63) is 39.2 Å². The molecule has 0 aromatic carbocycles. The van der Waals surface area contributed by atoms with Crippen LogP contribution in [-0.4, -0.2) is 35.1 Å². The Morgan fingerprint density at radius 3 is 2.43 bits per heavy atom. The number of pyridine rings is 1. The molecule has 0 radical (unpaired) electrons. The fourth-order valence-electron chi connectivity index (χ4n) is 1.74. The van der Waals surface area contributed by atoms with Crippen LogP contribution in [0.15, 0.2) is 17.8 Å². The molecule has 0 N–H and O–H groups in total. The van der Waals surface area contributed by atoms with Crippen LogP contribution < -0.4 is 0 Å². The molecule has 0 atom stereocenters. The Bertz CT molecular complexity index is 639. The third kappa shape index (κ3) is 4.87. The second-order valence-electron chi connectivity index (χ2n) is 4.35. The van der Waals surface area contributed by atoms with Gasteiger partial charge in [-0.25, -0.2) is 14.6 Å². The number of aromatic nitrogens is 1. The van der Waals surface area contributed by atoms with Gasteiger partial charge in [-0.1, -0.05) is 6.92 Å². The molecule has 8 nitrogen and oxygen atoms in total. The van der Waals surface area contributed by atoms with Crippen molar-refractivity contribution in [3.63, 3.8) is 0 Å². The molecule has 0 unspecified atom stereocenters. The van der Waals surface area contributed by atoms with Crippen LogP contribution in [-0.2, 0) is 14.3 Å². The first kappa shape index (κ1) is 18.3. The molecule has 0 aliphatic heterocycles. The summed E-state index contributed by atoms with van der Waals surface area (Å²) in [5, 5.41) is 11.2. The van der Waals surface area contributed by atoms with Crippen LogP contribution in [0.2, 0.25) is 0 Å². The minimum absolute atomic E-state index is 0.0204. The Hall–Kier alpha value is -2.77. The highest BCUT2D eigenvalue weighted by atomic mass is 16.6. The largest absolute Gasteiger partial charge is 0.463 e. The van der Waals surface area contributed by atoms with Crippen molar-refractivity contribution in [1.82, 2.24) is 4.98 Å². The molecule has 1 rings (SSSR count).